The number of H-pyrrole nitrogens is 1. The van der Waals surface area contributed by atoms with Crippen molar-refractivity contribution in [3.05, 3.63) is 33.2 Å². The predicted molar refractivity (Wildman–Crippen MR) is 80.1 cm³/mol. The van der Waals surface area contributed by atoms with Crippen molar-refractivity contribution in [1.29, 1.82) is 0 Å². The van der Waals surface area contributed by atoms with E-state index in [1.54, 1.807) is 0 Å². The first-order valence-corrected chi connectivity index (χ1v) is 7.64. The molecule has 2 N–H and O–H groups in total. The summed E-state index contributed by atoms with van der Waals surface area (Å²) in [6.07, 6.45) is 7.56. The first kappa shape index (κ1) is 15.1. The SMILES string of the molecule is CCC1CCC(CNC(=O)c2c[nH]c(=O)c(Cl)c2)CC1. The van der Waals surface area contributed by atoms with Crippen LogP contribution in [0, 0.1) is 11.8 Å². The maximum Gasteiger partial charge on any atom is 0.266 e. The van der Waals surface area contributed by atoms with Crippen molar-refractivity contribution in [2.45, 2.75) is 39.0 Å². The maximum absolute atomic E-state index is 12.0. The minimum atomic E-state index is -0.374. The number of aromatic amines is 1. The van der Waals surface area contributed by atoms with Gasteiger partial charge in [-0.1, -0.05) is 37.8 Å². The van der Waals surface area contributed by atoms with Crippen molar-refractivity contribution in [3.63, 3.8) is 0 Å². The van der Waals surface area contributed by atoms with E-state index < -0.39 is 0 Å². The molecular weight excluding hydrogens is 276 g/mol. The Hall–Kier alpha value is -1.29. The second-order valence-corrected chi connectivity index (χ2v) is 5.98. The number of rotatable bonds is 4. The summed E-state index contributed by atoms with van der Waals surface area (Å²) < 4.78 is 0. The van der Waals surface area contributed by atoms with E-state index in [4.69, 9.17) is 11.6 Å². The lowest BCUT2D eigenvalue weighted by Crippen LogP contribution is -2.31. The lowest BCUT2D eigenvalue weighted by atomic mass is 9.81. The fourth-order valence-corrected chi connectivity index (χ4v) is 2.94. The van der Waals surface area contributed by atoms with Crippen LogP contribution in [0.5, 0.6) is 0 Å². The van der Waals surface area contributed by atoms with Crippen LogP contribution in [0.1, 0.15) is 49.4 Å². The molecule has 1 saturated carbocycles. The molecule has 0 atom stereocenters. The van der Waals surface area contributed by atoms with E-state index >= 15 is 0 Å². The van der Waals surface area contributed by atoms with E-state index in [1.165, 1.54) is 44.4 Å². The molecule has 110 valence electrons. The number of halogens is 1. The number of aromatic nitrogens is 1. The summed E-state index contributed by atoms with van der Waals surface area (Å²) in [5.74, 6) is 1.25. The van der Waals surface area contributed by atoms with E-state index in [1.807, 2.05) is 0 Å². The number of pyridine rings is 1. The average molecular weight is 297 g/mol. The van der Waals surface area contributed by atoms with Gasteiger partial charge >= 0.3 is 0 Å². The van der Waals surface area contributed by atoms with Gasteiger partial charge in [0.05, 0.1) is 5.56 Å². The van der Waals surface area contributed by atoms with Crippen LogP contribution >= 0.6 is 11.6 Å². The molecule has 1 aliphatic rings. The molecular formula is C15H21ClN2O2. The number of hydrogen-bond acceptors (Lipinski definition) is 2. The average Bonchev–Trinajstić information content (AvgIpc) is 2.48. The van der Waals surface area contributed by atoms with Gasteiger partial charge in [-0.05, 0) is 30.7 Å². The number of carbonyl (C=O) groups excluding carboxylic acids is 1. The van der Waals surface area contributed by atoms with Crippen LogP contribution in [0.4, 0.5) is 0 Å². The van der Waals surface area contributed by atoms with Gasteiger partial charge in [-0.25, -0.2) is 0 Å². The predicted octanol–water partition coefficient (Wildman–Crippen LogP) is 2.97. The Balaban J connectivity index is 1.83. The van der Waals surface area contributed by atoms with E-state index in [0.29, 0.717) is 18.0 Å². The number of hydrogen-bond donors (Lipinski definition) is 2. The molecule has 0 aliphatic heterocycles. The Labute approximate surface area is 123 Å². The van der Waals surface area contributed by atoms with Gasteiger partial charge in [-0.15, -0.1) is 0 Å². The summed E-state index contributed by atoms with van der Waals surface area (Å²) in [5.41, 5.74) is 0.0259. The molecule has 0 saturated heterocycles. The van der Waals surface area contributed by atoms with Gasteiger partial charge in [0.2, 0.25) is 0 Å². The van der Waals surface area contributed by atoms with Crippen LogP contribution in [0.3, 0.4) is 0 Å². The molecule has 0 bridgehead atoms. The third kappa shape index (κ3) is 3.85. The third-order valence-electron chi connectivity index (χ3n) is 4.22. The van der Waals surface area contributed by atoms with Crippen molar-refractivity contribution in [2.75, 3.05) is 6.54 Å². The van der Waals surface area contributed by atoms with Crippen molar-refractivity contribution in [1.82, 2.24) is 10.3 Å². The topological polar surface area (TPSA) is 62.0 Å². The third-order valence-corrected chi connectivity index (χ3v) is 4.50. The highest BCUT2D eigenvalue weighted by Gasteiger charge is 2.20. The largest absolute Gasteiger partial charge is 0.352 e. The summed E-state index contributed by atoms with van der Waals surface area (Å²) >= 11 is 5.72. The molecule has 1 amide bonds. The number of amides is 1. The van der Waals surface area contributed by atoms with Crippen LogP contribution in [-0.2, 0) is 0 Å². The highest BCUT2D eigenvalue weighted by molar-refractivity contribution is 6.30. The van der Waals surface area contributed by atoms with Gasteiger partial charge in [-0.3, -0.25) is 9.59 Å². The molecule has 0 radical (unpaired) electrons. The molecule has 0 unspecified atom stereocenters. The normalized spacial score (nSPS) is 22.5. The zero-order valence-electron chi connectivity index (χ0n) is 11.7. The Morgan fingerprint density at radius 3 is 2.60 bits per heavy atom. The van der Waals surface area contributed by atoms with Gasteiger partial charge in [-0.2, -0.15) is 0 Å². The fraction of sp³-hybridized carbons (Fsp3) is 0.600. The standard InChI is InChI=1S/C15H21ClN2O2/c1-2-10-3-5-11(6-4-10)8-17-14(19)12-7-13(16)15(20)18-9-12/h7,9-11H,2-6,8H2,1H3,(H,17,19)(H,18,20). The molecule has 4 nitrogen and oxygen atoms in total. The zero-order valence-corrected chi connectivity index (χ0v) is 12.5. The van der Waals surface area contributed by atoms with E-state index in [-0.39, 0.29) is 16.5 Å². The van der Waals surface area contributed by atoms with Gasteiger partial charge < -0.3 is 10.3 Å². The molecule has 1 heterocycles. The van der Waals surface area contributed by atoms with Gasteiger partial charge in [0, 0.05) is 12.7 Å². The van der Waals surface area contributed by atoms with E-state index in [2.05, 4.69) is 17.2 Å². The molecule has 5 heteroatoms. The van der Waals surface area contributed by atoms with Crippen LogP contribution < -0.4 is 10.9 Å². The second kappa shape index (κ2) is 6.93. The summed E-state index contributed by atoms with van der Waals surface area (Å²) in [7, 11) is 0. The molecule has 1 aliphatic carbocycles. The van der Waals surface area contributed by atoms with Crippen molar-refractivity contribution in [3.8, 4) is 0 Å². The van der Waals surface area contributed by atoms with Crippen molar-refractivity contribution < 1.29 is 4.79 Å². The smallest absolute Gasteiger partial charge is 0.266 e. The Kier molecular flexibility index (Phi) is 5.24. The quantitative estimate of drug-likeness (QED) is 0.897. The maximum atomic E-state index is 12.0. The first-order chi connectivity index (χ1) is 9.60. The Morgan fingerprint density at radius 1 is 1.35 bits per heavy atom. The highest BCUT2D eigenvalue weighted by atomic mass is 35.5. The van der Waals surface area contributed by atoms with Gasteiger partial charge in [0.1, 0.15) is 5.02 Å². The minimum absolute atomic E-state index is 0.0427. The summed E-state index contributed by atoms with van der Waals surface area (Å²) in [6, 6.07) is 1.41. The summed E-state index contributed by atoms with van der Waals surface area (Å²) in [6.45, 7) is 2.94. The molecule has 0 spiro atoms. The Bertz CT molecular complexity index is 519. The lowest BCUT2D eigenvalue weighted by molar-refractivity contribution is 0.0941. The van der Waals surface area contributed by atoms with Gasteiger partial charge in [0.25, 0.3) is 11.5 Å². The molecule has 20 heavy (non-hydrogen) atoms. The molecule has 2 rings (SSSR count). The van der Waals surface area contributed by atoms with Crippen LogP contribution in [0.25, 0.3) is 0 Å². The fourth-order valence-electron chi connectivity index (χ4n) is 2.77. The highest BCUT2D eigenvalue weighted by Crippen LogP contribution is 2.30. The van der Waals surface area contributed by atoms with Crippen molar-refractivity contribution in [2.24, 2.45) is 11.8 Å². The number of nitrogens with one attached hydrogen (secondary N) is 2. The van der Waals surface area contributed by atoms with Crippen LogP contribution in [0.15, 0.2) is 17.1 Å². The second-order valence-electron chi connectivity index (χ2n) is 5.57. The van der Waals surface area contributed by atoms with Gasteiger partial charge in [0.15, 0.2) is 0 Å². The molecule has 1 fully saturated rings. The minimum Gasteiger partial charge on any atom is -0.352 e. The number of carbonyl (C=O) groups is 1. The monoisotopic (exact) mass is 296 g/mol. The first-order valence-electron chi connectivity index (χ1n) is 7.26. The van der Waals surface area contributed by atoms with Crippen LogP contribution in [0.2, 0.25) is 5.02 Å². The molecule has 0 aromatic carbocycles. The van der Waals surface area contributed by atoms with Crippen molar-refractivity contribution >= 4 is 17.5 Å². The Morgan fingerprint density at radius 2 is 2.00 bits per heavy atom. The van der Waals surface area contributed by atoms with E-state index in [0.717, 1.165) is 5.92 Å². The van der Waals surface area contributed by atoms with E-state index in [9.17, 15) is 9.59 Å². The zero-order chi connectivity index (χ0) is 14.5. The molecule has 1 aromatic heterocycles. The van der Waals surface area contributed by atoms with Crippen LogP contribution in [-0.4, -0.2) is 17.4 Å². The summed E-state index contributed by atoms with van der Waals surface area (Å²) in [4.78, 5) is 25.6. The molecule has 1 aromatic rings. The summed E-state index contributed by atoms with van der Waals surface area (Å²) in [5, 5.41) is 2.97. The lowest BCUT2D eigenvalue weighted by Gasteiger charge is -2.27.